The molecule has 3 nitrogen and oxygen atoms in total. The van der Waals surface area contributed by atoms with Crippen LogP contribution in [0.25, 0.3) is 0 Å². The van der Waals surface area contributed by atoms with E-state index in [1.165, 1.54) is 0 Å². The number of nitrogens with zero attached hydrogens (tertiary/aromatic N) is 1. The summed E-state index contributed by atoms with van der Waals surface area (Å²) in [5.74, 6) is 0. The van der Waals surface area contributed by atoms with Crippen molar-refractivity contribution in [3.63, 3.8) is 0 Å². The van der Waals surface area contributed by atoms with E-state index in [0.29, 0.717) is 6.54 Å². The molecule has 1 rings (SSSR count). The Morgan fingerprint density at radius 1 is 1.78 bits per heavy atom. The molecule has 1 aliphatic heterocycles. The predicted molar refractivity (Wildman–Crippen MR) is 36.5 cm³/mol. The molecule has 0 fully saturated rings. The third-order valence-electron chi connectivity index (χ3n) is 1.32. The van der Waals surface area contributed by atoms with Gasteiger partial charge in [-0.3, -0.25) is 4.99 Å². The summed E-state index contributed by atoms with van der Waals surface area (Å²) in [4.78, 5) is 3.86. The van der Waals surface area contributed by atoms with E-state index in [1.807, 2.05) is 0 Å². The van der Waals surface area contributed by atoms with Gasteiger partial charge in [-0.25, -0.2) is 0 Å². The number of rotatable bonds is 1. The monoisotopic (exact) mass is 126 g/mol. The highest BCUT2D eigenvalue weighted by atomic mass is 16.3. The van der Waals surface area contributed by atoms with Crippen molar-refractivity contribution in [3.05, 3.63) is 12.2 Å². The number of allylic oxidation sites excluding steroid dienone is 1. The lowest BCUT2D eigenvalue weighted by Crippen LogP contribution is -2.39. The Balaban J connectivity index is 2.63. The third-order valence-corrected chi connectivity index (χ3v) is 1.32. The maximum atomic E-state index is 9.35. The van der Waals surface area contributed by atoms with Crippen LogP contribution in [0.1, 0.15) is 0 Å². The molecule has 0 aromatic rings. The van der Waals surface area contributed by atoms with E-state index < -0.39 is 5.60 Å². The van der Waals surface area contributed by atoms with Gasteiger partial charge in [0.15, 0.2) is 0 Å². The fourth-order valence-corrected chi connectivity index (χ4v) is 0.679. The Kier molecular flexibility index (Phi) is 1.64. The minimum Gasteiger partial charge on any atom is -0.383 e. The summed E-state index contributed by atoms with van der Waals surface area (Å²) in [7, 11) is 0. The van der Waals surface area contributed by atoms with Crippen LogP contribution in [-0.4, -0.2) is 30.0 Å². The van der Waals surface area contributed by atoms with Gasteiger partial charge < -0.3 is 10.8 Å². The van der Waals surface area contributed by atoms with Gasteiger partial charge in [0, 0.05) is 12.8 Å². The second kappa shape index (κ2) is 2.29. The zero-order valence-corrected chi connectivity index (χ0v) is 5.12. The van der Waals surface area contributed by atoms with Crippen LogP contribution in [0.15, 0.2) is 17.1 Å². The quantitative estimate of drug-likeness (QED) is 0.489. The van der Waals surface area contributed by atoms with Gasteiger partial charge in [0.1, 0.15) is 5.60 Å². The first-order chi connectivity index (χ1) is 4.27. The molecular weight excluding hydrogens is 116 g/mol. The molecule has 50 valence electrons. The van der Waals surface area contributed by atoms with Crippen LogP contribution in [0.5, 0.6) is 0 Å². The Hall–Kier alpha value is -0.670. The Morgan fingerprint density at radius 3 is 2.89 bits per heavy atom. The smallest absolute Gasteiger partial charge is 0.115 e. The molecule has 9 heavy (non-hydrogen) atoms. The minimum atomic E-state index is -0.880. The molecule has 0 saturated heterocycles. The largest absolute Gasteiger partial charge is 0.383 e. The molecule has 0 saturated carbocycles. The molecule has 1 unspecified atom stereocenters. The van der Waals surface area contributed by atoms with E-state index in [-0.39, 0.29) is 6.54 Å². The van der Waals surface area contributed by atoms with E-state index in [1.54, 1.807) is 18.4 Å². The topological polar surface area (TPSA) is 58.6 Å². The Morgan fingerprint density at radius 2 is 2.56 bits per heavy atom. The summed E-state index contributed by atoms with van der Waals surface area (Å²) in [6.07, 6.45) is 5.03. The first-order valence-electron chi connectivity index (χ1n) is 2.87. The molecule has 0 aromatic carbocycles. The SMILES string of the molecule is NCC1(O)C=CC=NC1. The first kappa shape index (κ1) is 6.45. The van der Waals surface area contributed by atoms with E-state index in [4.69, 9.17) is 5.73 Å². The van der Waals surface area contributed by atoms with Crippen LogP contribution in [0.2, 0.25) is 0 Å². The van der Waals surface area contributed by atoms with Gasteiger partial charge in [0.05, 0.1) is 6.54 Å². The molecule has 1 heterocycles. The lowest BCUT2D eigenvalue weighted by molar-refractivity contribution is 0.109. The summed E-state index contributed by atoms with van der Waals surface area (Å²) in [6.45, 7) is 0.626. The normalized spacial score (nSPS) is 33.1. The molecule has 3 N–H and O–H groups in total. The van der Waals surface area contributed by atoms with Crippen LogP contribution < -0.4 is 5.73 Å². The van der Waals surface area contributed by atoms with Crippen LogP contribution in [0.3, 0.4) is 0 Å². The second-order valence-electron chi connectivity index (χ2n) is 2.16. The Labute approximate surface area is 53.9 Å². The van der Waals surface area contributed by atoms with E-state index in [0.717, 1.165) is 0 Å². The van der Waals surface area contributed by atoms with E-state index in [9.17, 15) is 5.11 Å². The molecule has 0 amide bonds. The summed E-state index contributed by atoms with van der Waals surface area (Å²) in [5, 5.41) is 9.35. The number of hydrogen-bond donors (Lipinski definition) is 2. The molecule has 0 aromatic heterocycles. The van der Waals surface area contributed by atoms with Crippen LogP contribution in [0.4, 0.5) is 0 Å². The van der Waals surface area contributed by atoms with Gasteiger partial charge in [0.2, 0.25) is 0 Å². The highest BCUT2D eigenvalue weighted by Crippen LogP contribution is 2.07. The minimum absolute atomic E-state index is 0.237. The van der Waals surface area contributed by atoms with Gasteiger partial charge in [-0.15, -0.1) is 0 Å². The fourth-order valence-electron chi connectivity index (χ4n) is 0.679. The third kappa shape index (κ3) is 1.37. The fraction of sp³-hybridized carbons (Fsp3) is 0.500. The maximum Gasteiger partial charge on any atom is 0.115 e. The lowest BCUT2D eigenvalue weighted by atomic mass is 10.0. The zero-order valence-electron chi connectivity index (χ0n) is 5.12. The Bertz CT molecular complexity index is 153. The molecule has 1 aliphatic rings. The lowest BCUT2D eigenvalue weighted by Gasteiger charge is -2.21. The predicted octanol–water partition coefficient (Wildman–Crippen LogP) is -0.683. The number of hydrogen-bond acceptors (Lipinski definition) is 3. The average Bonchev–Trinajstić information content (AvgIpc) is 1.90. The van der Waals surface area contributed by atoms with Crippen LogP contribution in [0, 0.1) is 0 Å². The second-order valence-corrected chi connectivity index (χ2v) is 2.16. The van der Waals surface area contributed by atoms with Gasteiger partial charge >= 0.3 is 0 Å². The van der Waals surface area contributed by atoms with Crippen molar-refractivity contribution in [2.75, 3.05) is 13.1 Å². The standard InChI is InChI=1S/C6H10N2O/c7-4-6(9)2-1-3-8-5-6/h1-3,9H,4-5,7H2. The van der Waals surface area contributed by atoms with E-state index >= 15 is 0 Å². The molecule has 3 heteroatoms. The number of nitrogens with two attached hydrogens (primary N) is 1. The summed E-state index contributed by atoms with van der Waals surface area (Å²) >= 11 is 0. The van der Waals surface area contributed by atoms with Gasteiger partial charge in [-0.05, 0) is 12.2 Å². The van der Waals surface area contributed by atoms with Crippen LogP contribution >= 0.6 is 0 Å². The van der Waals surface area contributed by atoms with E-state index in [2.05, 4.69) is 4.99 Å². The average molecular weight is 126 g/mol. The van der Waals surface area contributed by atoms with Crippen LogP contribution in [-0.2, 0) is 0 Å². The molecular formula is C6H10N2O. The van der Waals surface area contributed by atoms with Gasteiger partial charge in [-0.1, -0.05) is 0 Å². The molecule has 0 bridgehead atoms. The molecule has 0 aliphatic carbocycles. The number of dihydropyridines is 1. The van der Waals surface area contributed by atoms with Crippen molar-refractivity contribution in [2.45, 2.75) is 5.60 Å². The van der Waals surface area contributed by atoms with Crippen molar-refractivity contribution in [1.82, 2.24) is 0 Å². The maximum absolute atomic E-state index is 9.35. The number of aliphatic hydroxyl groups is 1. The summed E-state index contributed by atoms with van der Waals surface area (Å²) in [6, 6.07) is 0. The van der Waals surface area contributed by atoms with Gasteiger partial charge in [0.25, 0.3) is 0 Å². The molecule has 0 spiro atoms. The van der Waals surface area contributed by atoms with Crippen molar-refractivity contribution in [2.24, 2.45) is 10.7 Å². The molecule has 1 atom stereocenters. The highest BCUT2D eigenvalue weighted by molar-refractivity contribution is 5.72. The molecule has 0 radical (unpaired) electrons. The zero-order chi connectivity index (χ0) is 6.74. The van der Waals surface area contributed by atoms with Crippen molar-refractivity contribution < 1.29 is 5.11 Å². The first-order valence-corrected chi connectivity index (χ1v) is 2.87. The van der Waals surface area contributed by atoms with Gasteiger partial charge in [-0.2, -0.15) is 0 Å². The summed E-state index contributed by atoms with van der Waals surface area (Å²) < 4.78 is 0. The highest BCUT2D eigenvalue weighted by Gasteiger charge is 2.21. The van der Waals surface area contributed by atoms with Crippen molar-refractivity contribution in [1.29, 1.82) is 0 Å². The van der Waals surface area contributed by atoms with Crippen molar-refractivity contribution in [3.8, 4) is 0 Å². The van der Waals surface area contributed by atoms with Crippen molar-refractivity contribution >= 4 is 6.21 Å². The summed E-state index contributed by atoms with van der Waals surface area (Å²) in [5.41, 5.74) is 4.38. The number of aliphatic imine (C=N–C) groups is 1.